The number of aldehydes is 1. The fourth-order valence-corrected chi connectivity index (χ4v) is 3.07. The number of aliphatic hydroxyl groups is 1. The number of rotatable bonds is 5. The number of aliphatic hydroxyl groups excluding tert-OH is 1. The summed E-state index contributed by atoms with van der Waals surface area (Å²) in [6.45, 7) is 3.42. The molecule has 0 amide bonds. The van der Waals surface area contributed by atoms with E-state index in [2.05, 4.69) is 4.90 Å². The van der Waals surface area contributed by atoms with E-state index in [9.17, 15) is 9.90 Å². The maximum absolute atomic E-state index is 11.1. The lowest BCUT2D eigenvalue weighted by Gasteiger charge is -2.20. The normalized spacial score (nSPS) is 17.6. The number of carbonyl (C=O) groups is 1. The number of hydrogen-bond acceptors (Lipinski definition) is 3. The third-order valence-electron chi connectivity index (χ3n) is 4.02. The molecule has 4 heteroatoms. The minimum absolute atomic E-state index is 0.400. The van der Waals surface area contributed by atoms with E-state index >= 15 is 0 Å². The highest BCUT2D eigenvalue weighted by molar-refractivity contribution is 5.97. The summed E-state index contributed by atoms with van der Waals surface area (Å²) in [4.78, 5) is 13.4. The average Bonchev–Trinajstić information content (AvgIpc) is 3.07. The average molecular weight is 272 g/mol. The van der Waals surface area contributed by atoms with Gasteiger partial charge in [-0.3, -0.25) is 4.79 Å². The molecule has 0 unspecified atom stereocenters. The molecule has 0 saturated carbocycles. The summed E-state index contributed by atoms with van der Waals surface area (Å²) >= 11 is 0. The zero-order valence-electron chi connectivity index (χ0n) is 11.5. The first kappa shape index (κ1) is 13.3. The van der Waals surface area contributed by atoms with Crippen molar-refractivity contribution in [2.45, 2.75) is 25.5 Å². The van der Waals surface area contributed by atoms with Crippen LogP contribution in [0.1, 0.15) is 23.2 Å². The van der Waals surface area contributed by atoms with Crippen LogP contribution in [-0.2, 0) is 6.54 Å². The van der Waals surface area contributed by atoms with E-state index in [1.165, 1.54) is 12.8 Å². The highest BCUT2D eigenvalue weighted by Gasteiger charge is 2.17. The third-order valence-corrected chi connectivity index (χ3v) is 4.02. The van der Waals surface area contributed by atoms with Crippen molar-refractivity contribution in [3.8, 4) is 0 Å². The van der Waals surface area contributed by atoms with Crippen molar-refractivity contribution in [3.63, 3.8) is 0 Å². The number of para-hydroxylation sites is 1. The van der Waals surface area contributed by atoms with Gasteiger partial charge in [0.25, 0.3) is 0 Å². The number of hydrogen-bond donors (Lipinski definition) is 1. The van der Waals surface area contributed by atoms with Crippen molar-refractivity contribution < 1.29 is 9.90 Å². The van der Waals surface area contributed by atoms with Crippen molar-refractivity contribution >= 4 is 17.2 Å². The van der Waals surface area contributed by atoms with Gasteiger partial charge >= 0.3 is 0 Å². The Morgan fingerprint density at radius 1 is 1.20 bits per heavy atom. The molecule has 1 aliphatic heterocycles. The first-order chi connectivity index (χ1) is 9.78. The Hall–Kier alpha value is -1.65. The molecule has 106 valence electrons. The van der Waals surface area contributed by atoms with Gasteiger partial charge in [0.2, 0.25) is 0 Å². The Bertz CT molecular complexity index is 600. The van der Waals surface area contributed by atoms with Gasteiger partial charge in [-0.1, -0.05) is 18.2 Å². The number of fused-ring (bicyclic) bond motifs is 1. The molecule has 2 heterocycles. The van der Waals surface area contributed by atoms with E-state index in [1.807, 2.05) is 35.0 Å². The molecular weight excluding hydrogens is 252 g/mol. The van der Waals surface area contributed by atoms with Crippen molar-refractivity contribution in [1.29, 1.82) is 0 Å². The van der Waals surface area contributed by atoms with Gasteiger partial charge in [-0.15, -0.1) is 0 Å². The van der Waals surface area contributed by atoms with Crippen LogP contribution in [0.4, 0.5) is 0 Å². The van der Waals surface area contributed by atoms with Crippen LogP contribution in [0, 0.1) is 0 Å². The lowest BCUT2D eigenvalue weighted by molar-refractivity contribution is 0.109. The molecule has 0 aliphatic carbocycles. The van der Waals surface area contributed by atoms with Gasteiger partial charge < -0.3 is 14.6 Å². The first-order valence-corrected chi connectivity index (χ1v) is 7.21. The Morgan fingerprint density at radius 3 is 2.70 bits per heavy atom. The molecule has 0 spiro atoms. The molecule has 1 N–H and O–H groups in total. The minimum Gasteiger partial charge on any atom is -0.390 e. The molecule has 1 aromatic carbocycles. The monoisotopic (exact) mass is 272 g/mol. The van der Waals surface area contributed by atoms with Crippen LogP contribution in [0.15, 0.2) is 30.5 Å². The SMILES string of the molecule is O=Cc1cn(C[C@H](O)CN2CCCC2)c2ccccc12. The Morgan fingerprint density at radius 2 is 1.95 bits per heavy atom. The lowest BCUT2D eigenvalue weighted by Crippen LogP contribution is -2.32. The van der Waals surface area contributed by atoms with Crippen molar-refractivity contribution in [2.24, 2.45) is 0 Å². The van der Waals surface area contributed by atoms with Crippen LogP contribution in [0.5, 0.6) is 0 Å². The molecule has 1 saturated heterocycles. The smallest absolute Gasteiger partial charge is 0.152 e. The zero-order valence-corrected chi connectivity index (χ0v) is 11.5. The second kappa shape index (κ2) is 5.77. The number of β-amino-alcohol motifs (C(OH)–C–C–N with tert-alkyl or cyclic N) is 1. The van der Waals surface area contributed by atoms with E-state index in [0.717, 1.165) is 30.3 Å². The summed E-state index contributed by atoms with van der Waals surface area (Å²) in [5.41, 5.74) is 1.70. The Balaban J connectivity index is 1.77. The number of carbonyl (C=O) groups excluding carboxylic acids is 1. The predicted octanol–water partition coefficient (Wildman–Crippen LogP) is 1.91. The van der Waals surface area contributed by atoms with E-state index in [4.69, 9.17) is 0 Å². The maximum atomic E-state index is 11.1. The van der Waals surface area contributed by atoms with Crippen LogP contribution in [-0.4, -0.2) is 46.6 Å². The second-order valence-electron chi connectivity index (χ2n) is 5.53. The zero-order chi connectivity index (χ0) is 13.9. The molecule has 3 rings (SSSR count). The van der Waals surface area contributed by atoms with Gasteiger partial charge in [0, 0.05) is 35.8 Å². The van der Waals surface area contributed by atoms with Gasteiger partial charge in [-0.2, -0.15) is 0 Å². The standard InChI is InChI=1S/C16H20N2O2/c19-12-13-9-18(16-6-2-1-5-15(13)16)11-14(20)10-17-7-3-4-8-17/h1-2,5-6,9,12,14,20H,3-4,7-8,10-11H2/t14-/m1/s1. The summed E-state index contributed by atoms with van der Waals surface area (Å²) in [7, 11) is 0. The predicted molar refractivity (Wildman–Crippen MR) is 79.0 cm³/mol. The summed E-state index contributed by atoms with van der Waals surface area (Å²) in [5.74, 6) is 0. The minimum atomic E-state index is -0.400. The van der Waals surface area contributed by atoms with Gasteiger partial charge in [-0.25, -0.2) is 0 Å². The molecule has 1 fully saturated rings. The van der Waals surface area contributed by atoms with E-state index in [0.29, 0.717) is 18.7 Å². The van der Waals surface area contributed by atoms with Gasteiger partial charge in [0.1, 0.15) is 0 Å². The quantitative estimate of drug-likeness (QED) is 0.846. The molecule has 1 aromatic heterocycles. The van der Waals surface area contributed by atoms with Crippen molar-refractivity contribution in [3.05, 3.63) is 36.0 Å². The van der Waals surface area contributed by atoms with Crippen LogP contribution < -0.4 is 0 Å². The van der Waals surface area contributed by atoms with E-state index < -0.39 is 6.10 Å². The van der Waals surface area contributed by atoms with Crippen LogP contribution in [0.2, 0.25) is 0 Å². The summed E-state index contributed by atoms with van der Waals surface area (Å²) in [6.07, 6.45) is 4.78. The van der Waals surface area contributed by atoms with E-state index in [1.54, 1.807) is 0 Å². The number of benzene rings is 1. The number of likely N-dealkylation sites (tertiary alicyclic amines) is 1. The fourth-order valence-electron chi connectivity index (χ4n) is 3.07. The van der Waals surface area contributed by atoms with Crippen LogP contribution in [0.3, 0.4) is 0 Å². The lowest BCUT2D eigenvalue weighted by atomic mass is 10.2. The maximum Gasteiger partial charge on any atom is 0.152 e. The topological polar surface area (TPSA) is 45.5 Å². The number of aromatic nitrogens is 1. The second-order valence-corrected chi connectivity index (χ2v) is 5.53. The highest BCUT2D eigenvalue weighted by atomic mass is 16.3. The number of nitrogens with zero attached hydrogens (tertiary/aromatic N) is 2. The molecular formula is C16H20N2O2. The Labute approximate surface area is 118 Å². The van der Waals surface area contributed by atoms with Gasteiger partial charge in [0.15, 0.2) is 6.29 Å². The van der Waals surface area contributed by atoms with Crippen molar-refractivity contribution in [2.75, 3.05) is 19.6 Å². The van der Waals surface area contributed by atoms with Crippen LogP contribution in [0.25, 0.3) is 10.9 Å². The fraction of sp³-hybridized carbons (Fsp3) is 0.438. The van der Waals surface area contributed by atoms with Gasteiger partial charge in [0.05, 0.1) is 6.10 Å². The van der Waals surface area contributed by atoms with Crippen LogP contribution >= 0.6 is 0 Å². The highest BCUT2D eigenvalue weighted by Crippen LogP contribution is 2.20. The molecule has 0 bridgehead atoms. The molecule has 20 heavy (non-hydrogen) atoms. The summed E-state index contributed by atoms with van der Waals surface area (Å²) < 4.78 is 1.99. The van der Waals surface area contributed by atoms with Gasteiger partial charge in [-0.05, 0) is 32.0 Å². The molecule has 4 nitrogen and oxygen atoms in total. The first-order valence-electron chi connectivity index (χ1n) is 7.21. The summed E-state index contributed by atoms with van der Waals surface area (Å²) in [5, 5.41) is 11.2. The largest absolute Gasteiger partial charge is 0.390 e. The molecule has 2 aromatic rings. The van der Waals surface area contributed by atoms with Crippen molar-refractivity contribution in [1.82, 2.24) is 9.47 Å². The summed E-state index contributed by atoms with van der Waals surface area (Å²) in [6, 6.07) is 7.83. The Kier molecular flexibility index (Phi) is 3.85. The molecule has 1 aliphatic rings. The third kappa shape index (κ3) is 2.62. The molecule has 1 atom stereocenters. The van der Waals surface area contributed by atoms with E-state index in [-0.39, 0.29) is 0 Å². The molecule has 0 radical (unpaired) electrons.